The fraction of sp³-hybridized carbons (Fsp3) is 0. The maximum atomic E-state index is 5.32. The first-order valence-corrected chi connectivity index (χ1v) is 4.30. The van der Waals surface area contributed by atoms with Crippen LogP contribution in [0.15, 0.2) is 56.1 Å². The summed E-state index contributed by atoms with van der Waals surface area (Å²) >= 11 is 0. The van der Waals surface area contributed by atoms with E-state index in [1.807, 2.05) is 30.3 Å². The fourth-order valence-corrected chi connectivity index (χ4v) is 0.875. The average molecular weight is 201 g/mol. The molecule has 15 heavy (non-hydrogen) atoms. The molecule has 0 fully saturated rings. The summed E-state index contributed by atoms with van der Waals surface area (Å²) in [5.74, 6) is 0.716. The molecule has 4 heteroatoms. The zero-order valence-electron chi connectivity index (χ0n) is 8.21. The third-order valence-electron chi connectivity index (χ3n) is 1.42. The molecule has 0 aliphatic heterocycles. The van der Waals surface area contributed by atoms with E-state index in [9.17, 15) is 0 Å². The van der Waals surface area contributed by atoms with Crippen LogP contribution in [-0.2, 0) is 0 Å². The molecule has 2 aromatic rings. The summed E-state index contributed by atoms with van der Waals surface area (Å²) in [7, 11) is 0. The largest absolute Gasteiger partial charge is 0.424 e. The average Bonchev–Trinajstić information content (AvgIpc) is 2.34. The molecule has 0 saturated heterocycles. The third-order valence-corrected chi connectivity index (χ3v) is 1.42. The Morgan fingerprint density at radius 1 is 0.933 bits per heavy atom. The Balaban J connectivity index is 0.000000531. The van der Waals surface area contributed by atoms with E-state index in [1.165, 1.54) is 12.7 Å². The molecular formula is C11H11N3O. The van der Waals surface area contributed by atoms with Crippen molar-refractivity contribution in [2.75, 3.05) is 0 Å². The van der Waals surface area contributed by atoms with Crippen LogP contribution >= 0.6 is 0 Å². The highest BCUT2D eigenvalue weighted by molar-refractivity contribution is 5.23. The quantitative estimate of drug-likeness (QED) is 0.700. The molecule has 1 heterocycles. The number of aromatic nitrogens is 3. The lowest BCUT2D eigenvalue weighted by molar-refractivity contribution is 0.439. The lowest BCUT2D eigenvalue weighted by Crippen LogP contribution is -1.90. The lowest BCUT2D eigenvalue weighted by atomic mass is 10.3. The molecular weight excluding hydrogens is 190 g/mol. The van der Waals surface area contributed by atoms with Gasteiger partial charge in [0.25, 0.3) is 0 Å². The van der Waals surface area contributed by atoms with Crippen molar-refractivity contribution in [1.29, 1.82) is 0 Å². The third kappa shape index (κ3) is 3.56. The summed E-state index contributed by atoms with van der Waals surface area (Å²) in [4.78, 5) is 11.3. The van der Waals surface area contributed by atoms with Crippen molar-refractivity contribution in [3.05, 3.63) is 56.1 Å². The zero-order valence-corrected chi connectivity index (χ0v) is 8.21. The number of rotatable bonds is 2. The van der Waals surface area contributed by atoms with Crippen molar-refractivity contribution < 1.29 is 4.74 Å². The molecule has 2 rings (SSSR count). The van der Waals surface area contributed by atoms with Gasteiger partial charge in [0.2, 0.25) is 0 Å². The SMILES string of the molecule is C=C.c1ccc(Oc2ncncn2)cc1. The Morgan fingerprint density at radius 3 is 2.13 bits per heavy atom. The van der Waals surface area contributed by atoms with Crippen molar-refractivity contribution in [3.63, 3.8) is 0 Å². The Hall–Kier alpha value is -2.23. The number of hydrogen-bond donors (Lipinski definition) is 0. The number of para-hydroxylation sites is 1. The Labute approximate surface area is 88.3 Å². The maximum Gasteiger partial charge on any atom is 0.324 e. The minimum Gasteiger partial charge on any atom is -0.424 e. The number of hydrogen-bond acceptors (Lipinski definition) is 4. The first-order chi connectivity index (χ1) is 7.45. The van der Waals surface area contributed by atoms with Crippen molar-refractivity contribution in [3.8, 4) is 11.8 Å². The van der Waals surface area contributed by atoms with Crippen LogP contribution in [0.25, 0.3) is 0 Å². The Bertz CT molecular complexity index is 340. The van der Waals surface area contributed by atoms with Gasteiger partial charge in [0.05, 0.1) is 0 Å². The van der Waals surface area contributed by atoms with E-state index in [-0.39, 0.29) is 0 Å². The highest BCUT2D eigenvalue weighted by atomic mass is 16.5. The van der Waals surface area contributed by atoms with Crippen LogP contribution in [0.2, 0.25) is 0 Å². The second-order valence-electron chi connectivity index (χ2n) is 2.34. The summed E-state index contributed by atoms with van der Waals surface area (Å²) in [6.07, 6.45) is 2.79. The Morgan fingerprint density at radius 2 is 1.53 bits per heavy atom. The number of nitrogens with zero attached hydrogens (tertiary/aromatic N) is 3. The molecule has 0 unspecified atom stereocenters. The van der Waals surface area contributed by atoms with Gasteiger partial charge in [-0.3, -0.25) is 0 Å². The molecule has 0 aliphatic carbocycles. The smallest absolute Gasteiger partial charge is 0.324 e. The lowest BCUT2D eigenvalue weighted by Gasteiger charge is -2.00. The van der Waals surface area contributed by atoms with Gasteiger partial charge in [0.15, 0.2) is 0 Å². The van der Waals surface area contributed by atoms with Gasteiger partial charge in [0, 0.05) is 0 Å². The molecule has 0 spiro atoms. The van der Waals surface area contributed by atoms with Gasteiger partial charge in [-0.25, -0.2) is 4.98 Å². The van der Waals surface area contributed by atoms with Gasteiger partial charge in [-0.15, -0.1) is 13.2 Å². The van der Waals surface area contributed by atoms with Gasteiger partial charge in [0.1, 0.15) is 18.4 Å². The summed E-state index contributed by atoms with van der Waals surface area (Å²) in [5, 5.41) is 0. The van der Waals surface area contributed by atoms with Gasteiger partial charge in [-0.1, -0.05) is 18.2 Å². The molecule has 1 aromatic heterocycles. The van der Waals surface area contributed by atoms with Crippen molar-refractivity contribution in [2.45, 2.75) is 0 Å². The van der Waals surface area contributed by atoms with E-state index < -0.39 is 0 Å². The van der Waals surface area contributed by atoms with E-state index in [4.69, 9.17) is 4.74 Å². The van der Waals surface area contributed by atoms with Crippen LogP contribution in [0.5, 0.6) is 11.8 Å². The van der Waals surface area contributed by atoms with Gasteiger partial charge >= 0.3 is 6.01 Å². The minimum atomic E-state index is 0.307. The summed E-state index contributed by atoms with van der Waals surface area (Å²) in [6.45, 7) is 6.00. The van der Waals surface area contributed by atoms with Crippen molar-refractivity contribution in [1.82, 2.24) is 15.0 Å². The van der Waals surface area contributed by atoms with Gasteiger partial charge in [-0.2, -0.15) is 9.97 Å². The second-order valence-corrected chi connectivity index (χ2v) is 2.34. The van der Waals surface area contributed by atoms with Crippen molar-refractivity contribution >= 4 is 0 Å². The predicted molar refractivity (Wildman–Crippen MR) is 57.6 cm³/mol. The molecule has 0 amide bonds. The molecule has 1 aromatic carbocycles. The maximum absolute atomic E-state index is 5.32. The molecule has 0 radical (unpaired) electrons. The molecule has 76 valence electrons. The van der Waals surface area contributed by atoms with E-state index in [0.717, 1.165) is 0 Å². The predicted octanol–water partition coefficient (Wildman–Crippen LogP) is 2.47. The normalized spacial score (nSPS) is 8.53. The molecule has 0 bridgehead atoms. The first kappa shape index (κ1) is 10.8. The van der Waals surface area contributed by atoms with E-state index in [0.29, 0.717) is 11.8 Å². The molecule has 4 nitrogen and oxygen atoms in total. The highest BCUT2D eigenvalue weighted by Crippen LogP contribution is 2.14. The summed E-state index contributed by atoms with van der Waals surface area (Å²) in [6, 6.07) is 9.67. The first-order valence-electron chi connectivity index (χ1n) is 4.30. The van der Waals surface area contributed by atoms with E-state index in [1.54, 1.807) is 0 Å². The second kappa shape index (κ2) is 6.26. The molecule has 0 aliphatic rings. The van der Waals surface area contributed by atoms with Crippen LogP contribution in [0.4, 0.5) is 0 Å². The van der Waals surface area contributed by atoms with Crippen molar-refractivity contribution in [2.24, 2.45) is 0 Å². The Kier molecular flexibility index (Phi) is 4.53. The molecule has 0 saturated carbocycles. The highest BCUT2D eigenvalue weighted by Gasteiger charge is 1.96. The fourth-order valence-electron chi connectivity index (χ4n) is 0.875. The van der Waals surface area contributed by atoms with Crippen LogP contribution in [0.1, 0.15) is 0 Å². The standard InChI is InChI=1S/C9H7N3O.C2H4/c1-2-4-8(5-3-1)13-9-11-6-10-7-12-9;1-2/h1-7H;1-2H2. The summed E-state index contributed by atoms with van der Waals surface area (Å²) < 4.78 is 5.32. The number of benzene rings is 1. The van der Waals surface area contributed by atoms with Gasteiger partial charge < -0.3 is 4.74 Å². The topological polar surface area (TPSA) is 47.9 Å². The monoisotopic (exact) mass is 201 g/mol. The van der Waals surface area contributed by atoms with E-state index in [2.05, 4.69) is 28.1 Å². The van der Waals surface area contributed by atoms with Crippen LogP contribution < -0.4 is 4.74 Å². The minimum absolute atomic E-state index is 0.307. The van der Waals surface area contributed by atoms with Gasteiger partial charge in [-0.05, 0) is 12.1 Å². The van der Waals surface area contributed by atoms with Crippen LogP contribution in [0.3, 0.4) is 0 Å². The summed E-state index contributed by atoms with van der Waals surface area (Å²) in [5.41, 5.74) is 0. The van der Waals surface area contributed by atoms with E-state index >= 15 is 0 Å². The zero-order chi connectivity index (χ0) is 10.9. The molecule has 0 atom stereocenters. The molecule has 0 N–H and O–H groups in total. The van der Waals surface area contributed by atoms with Crippen LogP contribution in [0, 0.1) is 0 Å². The number of ether oxygens (including phenoxy) is 1. The van der Waals surface area contributed by atoms with Crippen LogP contribution in [-0.4, -0.2) is 15.0 Å².